The third kappa shape index (κ3) is 6.18. The van der Waals surface area contributed by atoms with E-state index in [1.165, 1.54) is 12.1 Å². The van der Waals surface area contributed by atoms with E-state index in [0.717, 1.165) is 34.2 Å². The normalized spacial score (nSPS) is 19.4. The Hall–Kier alpha value is -4.11. The molecule has 0 saturated carbocycles. The molecule has 2 N–H and O–H groups in total. The second-order valence-electron chi connectivity index (χ2n) is 11.1. The fourth-order valence-electron chi connectivity index (χ4n) is 6.42. The lowest BCUT2D eigenvalue weighted by molar-refractivity contribution is -0.143. The van der Waals surface area contributed by atoms with Crippen molar-refractivity contribution in [2.24, 2.45) is 5.92 Å². The van der Waals surface area contributed by atoms with E-state index in [-0.39, 0.29) is 25.1 Å². The lowest BCUT2D eigenvalue weighted by Gasteiger charge is -2.27. The molecule has 2 aliphatic rings. The van der Waals surface area contributed by atoms with E-state index in [1.54, 1.807) is 0 Å². The molecule has 3 atom stereocenters. The van der Waals surface area contributed by atoms with Crippen LogP contribution in [0.5, 0.6) is 17.2 Å². The van der Waals surface area contributed by atoms with E-state index in [0.29, 0.717) is 48.9 Å². The molecule has 8 nitrogen and oxygen atoms in total. The lowest BCUT2D eigenvalue weighted by Crippen LogP contribution is -2.35. The number of carboxylic acid groups (broad SMARTS) is 1. The molecular formula is C34H39FN2O6. The van der Waals surface area contributed by atoms with Crippen LogP contribution in [0, 0.1) is 18.7 Å². The fraction of sp³-hybridized carbons (Fsp3) is 0.412. The van der Waals surface area contributed by atoms with Crippen molar-refractivity contribution < 1.29 is 33.3 Å². The van der Waals surface area contributed by atoms with Gasteiger partial charge in [-0.3, -0.25) is 14.5 Å². The van der Waals surface area contributed by atoms with E-state index in [1.807, 2.05) is 69.0 Å². The Kier molecular flexibility index (Phi) is 9.20. The first-order chi connectivity index (χ1) is 20.7. The zero-order valence-corrected chi connectivity index (χ0v) is 25.1. The summed E-state index contributed by atoms with van der Waals surface area (Å²) in [6.07, 6.45) is 2.00. The molecule has 1 amide bonds. The molecule has 1 fully saturated rings. The number of likely N-dealkylation sites (tertiary alicyclic amines) is 1. The number of carboxylic acids is 1. The first kappa shape index (κ1) is 30.4. The molecule has 5 rings (SSSR count). The number of aryl methyl sites for hydroxylation is 2. The van der Waals surface area contributed by atoms with E-state index in [2.05, 4.69) is 5.32 Å². The van der Waals surface area contributed by atoms with Crippen molar-refractivity contribution in [1.82, 2.24) is 4.90 Å². The minimum absolute atomic E-state index is 0.0354. The van der Waals surface area contributed by atoms with Crippen LogP contribution in [0.3, 0.4) is 0 Å². The summed E-state index contributed by atoms with van der Waals surface area (Å²) < 4.78 is 31.2. The van der Waals surface area contributed by atoms with Gasteiger partial charge in [0.1, 0.15) is 11.6 Å². The maximum atomic E-state index is 14.2. The van der Waals surface area contributed by atoms with Crippen LogP contribution in [-0.2, 0) is 22.4 Å². The number of hydrogen-bond donors (Lipinski definition) is 2. The van der Waals surface area contributed by atoms with E-state index in [4.69, 9.17) is 14.2 Å². The lowest BCUT2D eigenvalue weighted by atomic mass is 9.81. The van der Waals surface area contributed by atoms with Crippen molar-refractivity contribution in [3.8, 4) is 17.2 Å². The highest BCUT2D eigenvalue weighted by atomic mass is 19.1. The Bertz CT molecular complexity index is 1470. The van der Waals surface area contributed by atoms with Crippen molar-refractivity contribution >= 4 is 17.6 Å². The number of hydrogen-bond acceptors (Lipinski definition) is 6. The molecule has 0 radical (unpaired) electrons. The molecule has 0 spiro atoms. The van der Waals surface area contributed by atoms with Gasteiger partial charge in [-0.1, -0.05) is 39.0 Å². The molecule has 1 saturated heterocycles. The third-order valence-corrected chi connectivity index (χ3v) is 8.45. The van der Waals surface area contributed by atoms with Crippen LogP contribution in [0.2, 0.25) is 0 Å². The molecule has 0 aromatic heterocycles. The minimum atomic E-state index is -0.943. The van der Waals surface area contributed by atoms with Gasteiger partial charge in [0.05, 0.1) is 19.1 Å². The highest BCUT2D eigenvalue weighted by Gasteiger charge is 2.48. The molecular weight excluding hydrogens is 551 g/mol. The van der Waals surface area contributed by atoms with Crippen LogP contribution in [-0.4, -0.2) is 48.4 Å². The number of carbonyl (C=O) groups is 2. The number of aliphatic carboxylic acids is 1. The summed E-state index contributed by atoms with van der Waals surface area (Å²) in [6.45, 7) is 8.80. The van der Waals surface area contributed by atoms with Crippen LogP contribution in [0.1, 0.15) is 67.0 Å². The Morgan fingerprint density at radius 3 is 2.37 bits per heavy atom. The standard InChI is InChI=1S/C34H39FN2O6/c1-5-14-41-25-10-8-23(9-11-25)32-30(34(39)40)27(26-12-13-28-33(20(26)4)43-19-42-28)17-37(32)18-29(38)36-31-21(6-2)15-24(35)16-22(31)7-3/h8-13,15-16,27,30,32H,5-7,14,17-19H2,1-4H3,(H,36,38)(H,39,40)/t27-,30?,32+/m1/s1. The van der Waals surface area contributed by atoms with E-state index < -0.39 is 23.8 Å². The largest absolute Gasteiger partial charge is 0.494 e. The molecule has 1 unspecified atom stereocenters. The summed E-state index contributed by atoms with van der Waals surface area (Å²) in [5.74, 6) is -0.831. The highest BCUT2D eigenvalue weighted by Crippen LogP contribution is 2.49. The second kappa shape index (κ2) is 13.0. The van der Waals surface area contributed by atoms with Gasteiger partial charge in [-0.15, -0.1) is 0 Å². The number of nitrogens with one attached hydrogen (secondary N) is 1. The number of anilines is 1. The second-order valence-corrected chi connectivity index (χ2v) is 11.1. The van der Waals surface area contributed by atoms with Gasteiger partial charge in [0.2, 0.25) is 12.7 Å². The zero-order valence-electron chi connectivity index (χ0n) is 25.1. The van der Waals surface area contributed by atoms with Gasteiger partial charge in [0.15, 0.2) is 11.5 Å². The number of nitrogens with zero attached hydrogens (tertiary/aromatic N) is 1. The summed E-state index contributed by atoms with van der Waals surface area (Å²) >= 11 is 0. The van der Waals surface area contributed by atoms with Crippen molar-refractivity contribution in [2.75, 3.05) is 31.8 Å². The molecule has 3 aromatic carbocycles. The summed E-state index contributed by atoms with van der Waals surface area (Å²) in [6, 6.07) is 13.5. The molecule has 2 heterocycles. The maximum absolute atomic E-state index is 14.2. The number of rotatable bonds is 11. The fourth-order valence-corrected chi connectivity index (χ4v) is 6.42. The van der Waals surface area contributed by atoms with Crippen LogP contribution in [0.25, 0.3) is 0 Å². The molecule has 9 heteroatoms. The van der Waals surface area contributed by atoms with Gasteiger partial charge < -0.3 is 24.6 Å². The van der Waals surface area contributed by atoms with E-state index in [9.17, 15) is 19.1 Å². The van der Waals surface area contributed by atoms with Crippen LogP contribution >= 0.6 is 0 Å². The van der Waals surface area contributed by atoms with Gasteiger partial charge in [0, 0.05) is 24.2 Å². The van der Waals surface area contributed by atoms with E-state index >= 15 is 0 Å². The number of fused-ring (bicyclic) bond motifs is 1. The van der Waals surface area contributed by atoms with Gasteiger partial charge in [-0.05, 0) is 84.3 Å². The summed E-state index contributed by atoms with van der Waals surface area (Å²) in [4.78, 5) is 28.6. The molecule has 228 valence electrons. The molecule has 0 bridgehead atoms. The van der Waals surface area contributed by atoms with Crippen molar-refractivity contribution in [3.05, 3.63) is 82.2 Å². The van der Waals surface area contributed by atoms with Crippen molar-refractivity contribution in [1.29, 1.82) is 0 Å². The maximum Gasteiger partial charge on any atom is 0.309 e. The number of amides is 1. The smallest absolute Gasteiger partial charge is 0.309 e. The van der Waals surface area contributed by atoms with Gasteiger partial charge in [0.25, 0.3) is 0 Å². The average Bonchev–Trinajstić information content (AvgIpc) is 3.63. The van der Waals surface area contributed by atoms with Gasteiger partial charge in [-0.25, -0.2) is 4.39 Å². The number of halogens is 1. The SMILES string of the molecule is CCCOc1ccc([C@H]2C(C(=O)O)[C@@H](c3ccc4c(c3C)OCO4)CN2CC(=O)Nc2c(CC)cc(F)cc2CC)cc1. The predicted octanol–water partition coefficient (Wildman–Crippen LogP) is 6.26. The zero-order chi connectivity index (χ0) is 30.7. The Morgan fingerprint density at radius 1 is 1.05 bits per heavy atom. The highest BCUT2D eigenvalue weighted by molar-refractivity contribution is 5.94. The molecule has 3 aromatic rings. The van der Waals surface area contributed by atoms with Crippen LogP contribution in [0.15, 0.2) is 48.5 Å². The molecule has 2 aliphatic heterocycles. The molecule has 43 heavy (non-hydrogen) atoms. The summed E-state index contributed by atoms with van der Waals surface area (Å²) in [7, 11) is 0. The van der Waals surface area contributed by atoms with Gasteiger partial charge in [-0.2, -0.15) is 0 Å². The summed E-state index contributed by atoms with van der Waals surface area (Å²) in [5.41, 5.74) is 4.56. The Morgan fingerprint density at radius 2 is 1.74 bits per heavy atom. The number of benzene rings is 3. The molecule has 0 aliphatic carbocycles. The first-order valence-corrected chi connectivity index (χ1v) is 14.9. The monoisotopic (exact) mass is 590 g/mol. The average molecular weight is 591 g/mol. The number of carbonyl (C=O) groups excluding carboxylic acids is 1. The topological polar surface area (TPSA) is 97.3 Å². The number of ether oxygens (including phenoxy) is 3. The summed E-state index contributed by atoms with van der Waals surface area (Å²) in [5, 5.41) is 13.7. The first-order valence-electron chi connectivity index (χ1n) is 14.9. The third-order valence-electron chi connectivity index (χ3n) is 8.45. The quantitative estimate of drug-likeness (QED) is 0.272. The Labute approximate surface area is 251 Å². The van der Waals surface area contributed by atoms with Gasteiger partial charge >= 0.3 is 5.97 Å². The van der Waals surface area contributed by atoms with Crippen molar-refractivity contribution in [2.45, 2.75) is 58.9 Å². The predicted molar refractivity (Wildman–Crippen MR) is 161 cm³/mol. The van der Waals surface area contributed by atoms with Crippen molar-refractivity contribution in [3.63, 3.8) is 0 Å². The Balaban J connectivity index is 1.50. The van der Waals surface area contributed by atoms with Crippen LogP contribution < -0.4 is 19.5 Å². The minimum Gasteiger partial charge on any atom is -0.494 e. The van der Waals surface area contributed by atoms with Crippen LogP contribution in [0.4, 0.5) is 10.1 Å².